The summed E-state index contributed by atoms with van der Waals surface area (Å²) in [7, 11) is 0. The summed E-state index contributed by atoms with van der Waals surface area (Å²) in [6.07, 6.45) is 7.23. The third kappa shape index (κ3) is 6.69. The summed E-state index contributed by atoms with van der Waals surface area (Å²) in [5.74, 6) is 1.77. The molecule has 2 fully saturated rings. The zero-order valence-electron chi connectivity index (χ0n) is 22.0. The Morgan fingerprint density at radius 2 is 1.69 bits per heavy atom. The van der Waals surface area contributed by atoms with Gasteiger partial charge in [0.15, 0.2) is 0 Å². The maximum atomic E-state index is 11.2. The van der Waals surface area contributed by atoms with Crippen LogP contribution in [0.3, 0.4) is 0 Å². The van der Waals surface area contributed by atoms with Gasteiger partial charge in [-0.3, -0.25) is 4.90 Å². The number of hydrogen-bond donors (Lipinski definition) is 1. The minimum Gasteiger partial charge on any atom is -0.490 e. The van der Waals surface area contributed by atoms with E-state index >= 15 is 0 Å². The molecule has 4 rings (SSSR count). The molecule has 35 heavy (non-hydrogen) atoms. The fourth-order valence-electron chi connectivity index (χ4n) is 6.10. The number of likely N-dealkylation sites (tertiary alicyclic amines) is 1. The first kappa shape index (κ1) is 25.8. The Morgan fingerprint density at radius 1 is 1.03 bits per heavy atom. The average molecular weight is 482 g/mol. The van der Waals surface area contributed by atoms with Crippen molar-refractivity contribution in [2.24, 2.45) is 11.3 Å². The third-order valence-corrected chi connectivity index (χ3v) is 8.26. The summed E-state index contributed by atoms with van der Waals surface area (Å²) in [5.41, 5.74) is 1.17. The van der Waals surface area contributed by atoms with Crippen LogP contribution in [-0.4, -0.2) is 41.0 Å². The molecule has 0 radical (unpaired) electrons. The summed E-state index contributed by atoms with van der Waals surface area (Å²) in [5, 5.41) is 11.6. The van der Waals surface area contributed by atoms with E-state index in [0.717, 1.165) is 69.8 Å². The molecule has 1 aliphatic heterocycles. The van der Waals surface area contributed by atoms with E-state index in [-0.39, 0.29) is 0 Å². The number of carbonyl (C=O) groups is 1. The fourth-order valence-corrected chi connectivity index (χ4v) is 6.10. The van der Waals surface area contributed by atoms with Gasteiger partial charge in [-0.2, -0.15) is 0 Å². The van der Waals surface area contributed by atoms with E-state index in [9.17, 15) is 4.79 Å². The van der Waals surface area contributed by atoms with Crippen LogP contribution in [-0.2, 0) is 11.3 Å². The number of ether oxygens (including phenoxy) is 2. The zero-order chi connectivity index (χ0) is 25.1. The molecule has 5 nitrogen and oxygen atoms in total. The van der Waals surface area contributed by atoms with E-state index in [2.05, 4.69) is 69.0 Å². The van der Waals surface area contributed by atoms with E-state index in [1.165, 1.54) is 29.2 Å². The van der Waals surface area contributed by atoms with Gasteiger partial charge >= 0.3 is 6.16 Å². The van der Waals surface area contributed by atoms with E-state index in [0.29, 0.717) is 11.5 Å². The molecule has 0 atom stereocenters. The highest BCUT2D eigenvalue weighted by Gasteiger charge is 2.37. The molecule has 1 heterocycles. The van der Waals surface area contributed by atoms with E-state index in [1.54, 1.807) is 0 Å². The number of nitrogens with zero attached hydrogens (tertiary/aromatic N) is 1. The Bertz CT molecular complexity index is 995. The molecule has 0 amide bonds. The number of carboxylic acid groups (broad SMARTS) is 1. The molecule has 2 aromatic carbocycles. The molecule has 1 saturated heterocycles. The molecule has 0 unspecified atom stereocenters. The van der Waals surface area contributed by atoms with Crippen molar-refractivity contribution in [1.29, 1.82) is 0 Å². The molecule has 1 N–H and O–H groups in total. The maximum Gasteiger partial charge on any atom is 0.506 e. The maximum absolute atomic E-state index is 11.2. The molecule has 1 aliphatic carbocycles. The molecule has 0 aromatic heterocycles. The van der Waals surface area contributed by atoms with Gasteiger partial charge in [-0.1, -0.05) is 52.3 Å². The van der Waals surface area contributed by atoms with Gasteiger partial charge in [-0.05, 0) is 78.0 Å². The van der Waals surface area contributed by atoms with Crippen LogP contribution in [0.1, 0.15) is 84.6 Å². The van der Waals surface area contributed by atoms with Crippen molar-refractivity contribution in [3.8, 4) is 5.75 Å². The highest BCUT2D eigenvalue weighted by molar-refractivity contribution is 5.84. The Labute approximate surface area is 210 Å². The van der Waals surface area contributed by atoms with Crippen molar-refractivity contribution in [3.63, 3.8) is 0 Å². The third-order valence-electron chi connectivity index (χ3n) is 8.26. The lowest BCUT2D eigenvalue weighted by Gasteiger charge is -2.40. The number of benzene rings is 2. The number of rotatable bonds is 7. The topological polar surface area (TPSA) is 59.0 Å². The standard InChI is InChI=1S/C30H43NO4/c1-5-14-30(35-28(32)33)15-17-31(18-16-30)21-22-6-7-24-20-27(11-8-23(24)19-22)34-26-12-9-25(10-13-26)29(2,3)4/h6-8,11,19-20,25-26H,5,9-10,12-18,21H2,1-4H3,(H,32,33). The molecule has 2 aliphatic rings. The lowest BCUT2D eigenvalue weighted by molar-refractivity contribution is -0.0625. The van der Waals surface area contributed by atoms with Crippen LogP contribution in [0.4, 0.5) is 4.79 Å². The Balaban J connectivity index is 1.33. The molecule has 192 valence electrons. The van der Waals surface area contributed by atoms with Crippen molar-refractivity contribution in [2.75, 3.05) is 13.1 Å². The second kappa shape index (κ2) is 10.8. The molecular weight excluding hydrogens is 438 g/mol. The normalized spacial score (nSPS) is 23.2. The smallest absolute Gasteiger partial charge is 0.490 e. The van der Waals surface area contributed by atoms with Gasteiger partial charge in [0.05, 0.1) is 6.10 Å². The van der Waals surface area contributed by atoms with Crippen LogP contribution in [0.25, 0.3) is 10.8 Å². The minimum atomic E-state index is -1.15. The van der Waals surface area contributed by atoms with Gasteiger partial charge in [0.25, 0.3) is 0 Å². The lowest BCUT2D eigenvalue weighted by atomic mass is 9.72. The van der Waals surface area contributed by atoms with Gasteiger partial charge in [-0.15, -0.1) is 0 Å². The van der Waals surface area contributed by atoms with Crippen LogP contribution in [0.5, 0.6) is 5.75 Å². The summed E-state index contributed by atoms with van der Waals surface area (Å²) in [6.45, 7) is 11.7. The molecule has 0 spiro atoms. The number of hydrogen-bond acceptors (Lipinski definition) is 4. The Morgan fingerprint density at radius 3 is 2.31 bits per heavy atom. The van der Waals surface area contributed by atoms with Gasteiger partial charge in [0.2, 0.25) is 0 Å². The van der Waals surface area contributed by atoms with Crippen LogP contribution >= 0.6 is 0 Å². The quantitative estimate of drug-likeness (QED) is 0.412. The van der Waals surface area contributed by atoms with Crippen LogP contribution in [0.2, 0.25) is 0 Å². The molecule has 1 saturated carbocycles. The average Bonchev–Trinajstić information content (AvgIpc) is 2.80. The zero-order valence-corrected chi connectivity index (χ0v) is 22.0. The van der Waals surface area contributed by atoms with Gasteiger partial charge in [0, 0.05) is 32.5 Å². The van der Waals surface area contributed by atoms with Gasteiger partial charge in [-0.25, -0.2) is 4.79 Å². The highest BCUT2D eigenvalue weighted by Crippen LogP contribution is 2.39. The first-order valence-corrected chi connectivity index (χ1v) is 13.5. The highest BCUT2D eigenvalue weighted by atomic mass is 16.7. The first-order valence-electron chi connectivity index (χ1n) is 13.5. The van der Waals surface area contributed by atoms with Crippen molar-refractivity contribution in [2.45, 2.75) is 97.3 Å². The first-order chi connectivity index (χ1) is 16.7. The van der Waals surface area contributed by atoms with Crippen LogP contribution in [0.15, 0.2) is 36.4 Å². The number of piperidine rings is 1. The SMILES string of the molecule is CCCC1(OC(=O)O)CCN(Cc2ccc3cc(OC4CCC(C(C)(C)C)CC4)ccc3c2)CC1. The van der Waals surface area contributed by atoms with E-state index in [1.807, 2.05) is 0 Å². The molecule has 0 bridgehead atoms. The van der Waals surface area contributed by atoms with E-state index < -0.39 is 11.8 Å². The summed E-state index contributed by atoms with van der Waals surface area (Å²) in [4.78, 5) is 13.6. The lowest BCUT2D eigenvalue weighted by Crippen LogP contribution is -2.46. The van der Waals surface area contributed by atoms with Crippen molar-refractivity contribution < 1.29 is 19.4 Å². The summed E-state index contributed by atoms with van der Waals surface area (Å²) < 4.78 is 11.7. The van der Waals surface area contributed by atoms with Crippen molar-refractivity contribution >= 4 is 16.9 Å². The van der Waals surface area contributed by atoms with Gasteiger partial charge < -0.3 is 14.6 Å². The van der Waals surface area contributed by atoms with Gasteiger partial charge in [0.1, 0.15) is 11.4 Å². The Hall–Kier alpha value is -2.27. The fraction of sp³-hybridized carbons (Fsp3) is 0.633. The summed E-state index contributed by atoms with van der Waals surface area (Å²) >= 11 is 0. The van der Waals surface area contributed by atoms with E-state index in [4.69, 9.17) is 14.6 Å². The molecule has 2 aromatic rings. The second-order valence-electron chi connectivity index (χ2n) is 11.9. The predicted molar refractivity (Wildman–Crippen MR) is 141 cm³/mol. The van der Waals surface area contributed by atoms with Crippen LogP contribution in [0, 0.1) is 11.3 Å². The summed E-state index contributed by atoms with van der Waals surface area (Å²) in [6, 6.07) is 13.2. The van der Waals surface area contributed by atoms with Crippen molar-refractivity contribution in [3.05, 3.63) is 42.0 Å². The predicted octanol–water partition coefficient (Wildman–Crippen LogP) is 7.65. The number of fused-ring (bicyclic) bond motifs is 1. The van der Waals surface area contributed by atoms with Crippen molar-refractivity contribution in [1.82, 2.24) is 4.90 Å². The largest absolute Gasteiger partial charge is 0.506 e. The minimum absolute atomic E-state index is 0.328. The monoisotopic (exact) mass is 481 g/mol. The Kier molecular flexibility index (Phi) is 7.95. The molecule has 5 heteroatoms. The molecular formula is C30H43NO4. The van der Waals surface area contributed by atoms with Crippen LogP contribution < -0.4 is 4.74 Å². The second-order valence-corrected chi connectivity index (χ2v) is 11.9.